The minimum absolute atomic E-state index is 0.0555. The van der Waals surface area contributed by atoms with Crippen molar-refractivity contribution >= 4 is 10.9 Å². The first-order valence-electron chi connectivity index (χ1n) is 8.85. The number of aromatic nitrogens is 4. The van der Waals surface area contributed by atoms with E-state index in [4.69, 9.17) is 4.74 Å². The molecule has 1 atom stereocenters. The molecular formula is C21H20N4O2. The molecule has 6 nitrogen and oxygen atoms in total. The van der Waals surface area contributed by atoms with E-state index in [2.05, 4.69) is 22.1 Å². The molecule has 136 valence electrons. The standard InChI is InChI=1S/C21H20N4O2/c1-3-20(15-5-4-6-17(9-15)27-2)25-13-22-19-8-7-14(10-18(19)21(25)26)16-11-23-24-12-16/h4-13,20H,3H2,1-2H3,(H,23,24). The highest BCUT2D eigenvalue weighted by molar-refractivity contribution is 5.83. The Kier molecular flexibility index (Phi) is 4.46. The highest BCUT2D eigenvalue weighted by atomic mass is 16.5. The Hall–Kier alpha value is -3.41. The van der Waals surface area contributed by atoms with Gasteiger partial charge in [-0.2, -0.15) is 5.10 Å². The fourth-order valence-electron chi connectivity index (χ4n) is 3.39. The van der Waals surface area contributed by atoms with Crippen LogP contribution >= 0.6 is 0 Å². The Morgan fingerprint density at radius 2 is 2.07 bits per heavy atom. The van der Waals surface area contributed by atoms with Crippen molar-refractivity contribution in [3.63, 3.8) is 0 Å². The smallest absolute Gasteiger partial charge is 0.261 e. The third-order valence-corrected chi connectivity index (χ3v) is 4.82. The SMILES string of the molecule is CCC(c1cccc(OC)c1)n1cnc2ccc(-c3cn[nH]c3)cc2c1=O. The molecule has 0 bridgehead atoms. The van der Waals surface area contributed by atoms with Crippen molar-refractivity contribution < 1.29 is 4.74 Å². The molecule has 1 unspecified atom stereocenters. The quantitative estimate of drug-likeness (QED) is 0.588. The molecule has 0 aliphatic rings. The minimum atomic E-state index is -0.109. The Morgan fingerprint density at radius 1 is 1.19 bits per heavy atom. The maximum absolute atomic E-state index is 13.2. The molecule has 27 heavy (non-hydrogen) atoms. The summed E-state index contributed by atoms with van der Waals surface area (Å²) in [6, 6.07) is 13.4. The number of hydrogen-bond acceptors (Lipinski definition) is 4. The third kappa shape index (κ3) is 3.10. The summed E-state index contributed by atoms with van der Waals surface area (Å²) in [5, 5.41) is 7.38. The molecule has 1 N–H and O–H groups in total. The van der Waals surface area contributed by atoms with Gasteiger partial charge in [0.2, 0.25) is 0 Å². The van der Waals surface area contributed by atoms with Crippen LogP contribution in [0.25, 0.3) is 22.0 Å². The van der Waals surface area contributed by atoms with Crippen molar-refractivity contribution in [1.29, 1.82) is 0 Å². The molecule has 0 spiro atoms. The van der Waals surface area contributed by atoms with Crippen LogP contribution in [0.3, 0.4) is 0 Å². The molecule has 0 aliphatic heterocycles. The molecule has 0 saturated carbocycles. The van der Waals surface area contributed by atoms with E-state index in [1.807, 2.05) is 42.5 Å². The lowest BCUT2D eigenvalue weighted by Gasteiger charge is -2.19. The molecule has 6 heteroatoms. The van der Waals surface area contributed by atoms with Crippen LogP contribution in [0, 0.1) is 0 Å². The van der Waals surface area contributed by atoms with Gasteiger partial charge in [0.15, 0.2) is 0 Å². The fraction of sp³-hybridized carbons (Fsp3) is 0.190. The molecule has 0 amide bonds. The van der Waals surface area contributed by atoms with Crippen LogP contribution < -0.4 is 10.3 Å². The van der Waals surface area contributed by atoms with Crippen LogP contribution in [0.4, 0.5) is 0 Å². The van der Waals surface area contributed by atoms with Gasteiger partial charge in [-0.15, -0.1) is 0 Å². The maximum Gasteiger partial charge on any atom is 0.261 e. The van der Waals surface area contributed by atoms with Gasteiger partial charge in [-0.1, -0.05) is 25.1 Å². The largest absolute Gasteiger partial charge is 0.497 e. The van der Waals surface area contributed by atoms with Gasteiger partial charge in [-0.3, -0.25) is 14.5 Å². The van der Waals surface area contributed by atoms with Gasteiger partial charge in [-0.05, 0) is 41.8 Å². The molecule has 4 rings (SSSR count). The topological polar surface area (TPSA) is 72.8 Å². The van der Waals surface area contributed by atoms with Crippen LogP contribution in [0.2, 0.25) is 0 Å². The van der Waals surface area contributed by atoms with Crippen LogP contribution in [0.15, 0.2) is 66.0 Å². The van der Waals surface area contributed by atoms with Gasteiger partial charge in [0.1, 0.15) is 5.75 Å². The van der Waals surface area contributed by atoms with Crippen LogP contribution in [-0.4, -0.2) is 26.9 Å². The molecule has 0 aliphatic carbocycles. The average molecular weight is 360 g/mol. The first kappa shape index (κ1) is 17.0. The van der Waals surface area contributed by atoms with Crippen LogP contribution in [-0.2, 0) is 0 Å². The normalized spacial score (nSPS) is 12.2. The summed E-state index contributed by atoms with van der Waals surface area (Å²) in [6.45, 7) is 2.06. The average Bonchev–Trinajstić information content (AvgIpc) is 3.25. The number of methoxy groups -OCH3 is 1. The van der Waals surface area contributed by atoms with Gasteiger partial charge in [0.25, 0.3) is 5.56 Å². The molecule has 2 aromatic carbocycles. The number of nitrogens with one attached hydrogen (secondary N) is 1. The summed E-state index contributed by atoms with van der Waals surface area (Å²) in [6.07, 6.45) is 5.94. The monoisotopic (exact) mass is 360 g/mol. The van der Waals surface area contributed by atoms with E-state index in [0.29, 0.717) is 10.9 Å². The number of rotatable bonds is 5. The number of H-pyrrole nitrogens is 1. The minimum Gasteiger partial charge on any atom is -0.497 e. The van der Waals surface area contributed by atoms with Gasteiger partial charge >= 0.3 is 0 Å². The highest BCUT2D eigenvalue weighted by Crippen LogP contribution is 2.25. The van der Waals surface area contributed by atoms with Crippen LogP contribution in [0.5, 0.6) is 5.75 Å². The third-order valence-electron chi connectivity index (χ3n) is 4.82. The zero-order chi connectivity index (χ0) is 18.8. The molecule has 0 saturated heterocycles. The molecule has 2 aromatic heterocycles. The van der Waals surface area contributed by atoms with Crippen molar-refractivity contribution in [3.05, 3.63) is 77.1 Å². The molecule has 2 heterocycles. The van der Waals surface area contributed by atoms with Gasteiger partial charge in [0, 0.05) is 11.8 Å². The lowest BCUT2D eigenvalue weighted by atomic mass is 10.0. The van der Waals surface area contributed by atoms with E-state index in [1.165, 1.54) is 0 Å². The van der Waals surface area contributed by atoms with E-state index < -0.39 is 0 Å². The summed E-state index contributed by atoms with van der Waals surface area (Å²) in [5.74, 6) is 0.773. The van der Waals surface area contributed by atoms with Crippen molar-refractivity contribution in [2.75, 3.05) is 7.11 Å². The van der Waals surface area contributed by atoms with E-state index in [-0.39, 0.29) is 11.6 Å². The van der Waals surface area contributed by atoms with Crippen molar-refractivity contribution in [2.45, 2.75) is 19.4 Å². The lowest BCUT2D eigenvalue weighted by molar-refractivity contribution is 0.413. The second-order valence-corrected chi connectivity index (χ2v) is 6.38. The Labute approximate surface area is 156 Å². The molecular weight excluding hydrogens is 340 g/mol. The predicted molar refractivity (Wildman–Crippen MR) is 105 cm³/mol. The molecule has 4 aromatic rings. The number of hydrogen-bond donors (Lipinski definition) is 1. The number of aromatic amines is 1. The lowest BCUT2D eigenvalue weighted by Crippen LogP contribution is -2.25. The number of nitrogens with zero attached hydrogens (tertiary/aromatic N) is 3. The second-order valence-electron chi connectivity index (χ2n) is 6.38. The number of benzene rings is 2. The van der Waals surface area contributed by atoms with E-state index in [0.717, 1.165) is 28.9 Å². The Balaban J connectivity index is 1.85. The summed E-state index contributed by atoms with van der Waals surface area (Å²) < 4.78 is 7.04. The van der Waals surface area contributed by atoms with E-state index in [1.54, 1.807) is 30.4 Å². The number of fused-ring (bicyclic) bond motifs is 1. The van der Waals surface area contributed by atoms with Gasteiger partial charge < -0.3 is 4.74 Å². The highest BCUT2D eigenvalue weighted by Gasteiger charge is 2.16. The summed E-state index contributed by atoms with van der Waals surface area (Å²) >= 11 is 0. The first-order chi connectivity index (χ1) is 13.2. The zero-order valence-corrected chi connectivity index (χ0v) is 15.2. The van der Waals surface area contributed by atoms with E-state index in [9.17, 15) is 4.79 Å². The van der Waals surface area contributed by atoms with Gasteiger partial charge in [-0.25, -0.2) is 4.98 Å². The van der Waals surface area contributed by atoms with Crippen molar-refractivity contribution in [2.24, 2.45) is 0 Å². The number of ether oxygens (including phenoxy) is 1. The Morgan fingerprint density at radius 3 is 2.81 bits per heavy atom. The first-order valence-corrected chi connectivity index (χ1v) is 8.85. The maximum atomic E-state index is 13.2. The summed E-state index contributed by atoms with van der Waals surface area (Å²) in [7, 11) is 1.64. The van der Waals surface area contributed by atoms with Crippen molar-refractivity contribution in [1.82, 2.24) is 19.7 Å². The predicted octanol–water partition coefficient (Wildman–Crippen LogP) is 3.79. The van der Waals surface area contributed by atoms with Crippen LogP contribution in [0.1, 0.15) is 24.9 Å². The summed E-state index contributed by atoms with van der Waals surface area (Å²) in [4.78, 5) is 17.8. The van der Waals surface area contributed by atoms with E-state index >= 15 is 0 Å². The van der Waals surface area contributed by atoms with Gasteiger partial charge in [0.05, 0.1) is 36.6 Å². The van der Waals surface area contributed by atoms with Crippen molar-refractivity contribution in [3.8, 4) is 16.9 Å². The Bertz CT molecular complexity index is 1130. The fourth-order valence-corrected chi connectivity index (χ4v) is 3.39. The molecule has 0 fully saturated rings. The summed E-state index contributed by atoms with van der Waals surface area (Å²) in [5.41, 5.74) is 3.52. The molecule has 0 radical (unpaired) electrons. The zero-order valence-electron chi connectivity index (χ0n) is 15.2. The second kappa shape index (κ2) is 7.07.